The number of anilines is 1. The van der Waals surface area contributed by atoms with Gasteiger partial charge in [-0.05, 0) is 61.2 Å². The minimum Gasteiger partial charge on any atom is -0.495 e. The predicted octanol–water partition coefficient (Wildman–Crippen LogP) is 5.19. The number of halogens is 1. The number of aryl methyl sites for hydroxylation is 1. The van der Waals surface area contributed by atoms with Gasteiger partial charge < -0.3 is 14.8 Å². The summed E-state index contributed by atoms with van der Waals surface area (Å²) in [6.45, 7) is 8.07. The molecule has 0 saturated carbocycles. The summed E-state index contributed by atoms with van der Waals surface area (Å²) in [5, 5.41) is 3.23. The first-order chi connectivity index (χ1) is 11.8. The molecular formula is C20H24ClNO3. The van der Waals surface area contributed by atoms with Crippen molar-refractivity contribution >= 4 is 23.2 Å². The fourth-order valence-corrected chi connectivity index (χ4v) is 2.87. The number of hydrogen-bond donors (Lipinski definition) is 1. The van der Waals surface area contributed by atoms with Crippen molar-refractivity contribution in [2.45, 2.75) is 39.7 Å². The zero-order chi connectivity index (χ0) is 18.6. The summed E-state index contributed by atoms with van der Waals surface area (Å²) in [6, 6.07) is 11.0. The number of carbonyl (C=O) groups excluding carboxylic acids is 1. The Hall–Kier alpha value is -2.20. The molecule has 2 aromatic rings. The van der Waals surface area contributed by atoms with E-state index in [-0.39, 0.29) is 5.91 Å². The highest BCUT2D eigenvalue weighted by Gasteiger charge is 2.16. The monoisotopic (exact) mass is 361 g/mol. The van der Waals surface area contributed by atoms with Crippen LogP contribution in [0.4, 0.5) is 5.69 Å². The number of rotatable bonds is 6. The van der Waals surface area contributed by atoms with Gasteiger partial charge in [-0.1, -0.05) is 31.5 Å². The van der Waals surface area contributed by atoms with E-state index in [0.717, 1.165) is 5.56 Å². The Kier molecular flexibility index (Phi) is 6.32. The molecular weight excluding hydrogens is 338 g/mol. The van der Waals surface area contributed by atoms with Crippen molar-refractivity contribution in [2.75, 3.05) is 12.4 Å². The minimum absolute atomic E-state index is 0.244. The number of ether oxygens (including phenoxy) is 2. The Morgan fingerprint density at radius 1 is 1.12 bits per heavy atom. The molecule has 0 bridgehead atoms. The third-order valence-corrected chi connectivity index (χ3v) is 4.26. The minimum atomic E-state index is -0.634. The van der Waals surface area contributed by atoms with Crippen molar-refractivity contribution in [1.29, 1.82) is 0 Å². The summed E-state index contributed by atoms with van der Waals surface area (Å²) in [4.78, 5) is 12.3. The summed E-state index contributed by atoms with van der Waals surface area (Å²) in [6.07, 6.45) is -0.634. The number of methoxy groups -OCH3 is 1. The molecule has 0 radical (unpaired) electrons. The quantitative estimate of drug-likeness (QED) is 0.770. The van der Waals surface area contributed by atoms with Crippen molar-refractivity contribution in [3.05, 3.63) is 52.5 Å². The molecule has 5 heteroatoms. The Labute approximate surface area is 154 Å². The molecule has 25 heavy (non-hydrogen) atoms. The van der Waals surface area contributed by atoms with Crippen LogP contribution < -0.4 is 14.8 Å². The molecule has 0 saturated heterocycles. The number of hydrogen-bond acceptors (Lipinski definition) is 3. The van der Waals surface area contributed by atoms with Crippen LogP contribution in [0.3, 0.4) is 0 Å². The van der Waals surface area contributed by atoms with Gasteiger partial charge in [-0.2, -0.15) is 0 Å². The highest BCUT2D eigenvalue weighted by atomic mass is 35.5. The lowest BCUT2D eigenvalue weighted by Crippen LogP contribution is -2.30. The SMILES string of the molecule is COc1ccc(NC(=O)C(C)Oc2ccc(C(C)C)c(C)c2)cc1Cl. The second-order valence-electron chi connectivity index (χ2n) is 6.27. The lowest BCUT2D eigenvalue weighted by Gasteiger charge is -2.17. The number of nitrogens with one attached hydrogen (secondary N) is 1. The molecule has 134 valence electrons. The van der Waals surface area contributed by atoms with Crippen molar-refractivity contribution in [2.24, 2.45) is 0 Å². The smallest absolute Gasteiger partial charge is 0.265 e. The van der Waals surface area contributed by atoms with Crippen LogP contribution in [0.2, 0.25) is 5.02 Å². The van der Waals surface area contributed by atoms with Crippen LogP contribution >= 0.6 is 11.6 Å². The van der Waals surface area contributed by atoms with Crippen molar-refractivity contribution in [3.63, 3.8) is 0 Å². The summed E-state index contributed by atoms with van der Waals surface area (Å²) in [7, 11) is 1.54. The molecule has 2 aromatic carbocycles. The van der Waals surface area contributed by atoms with Crippen LogP contribution in [-0.4, -0.2) is 19.1 Å². The Morgan fingerprint density at radius 3 is 2.40 bits per heavy atom. The fourth-order valence-electron chi connectivity index (χ4n) is 2.61. The molecule has 0 spiro atoms. The van der Waals surface area contributed by atoms with Crippen LogP contribution in [0.1, 0.15) is 37.8 Å². The highest BCUT2D eigenvalue weighted by Crippen LogP contribution is 2.28. The normalized spacial score (nSPS) is 12.0. The zero-order valence-electron chi connectivity index (χ0n) is 15.2. The summed E-state index contributed by atoms with van der Waals surface area (Å²) in [5.74, 6) is 1.45. The molecule has 0 aliphatic rings. The molecule has 0 aliphatic carbocycles. The van der Waals surface area contributed by atoms with Gasteiger partial charge in [0.1, 0.15) is 11.5 Å². The van der Waals surface area contributed by atoms with Gasteiger partial charge in [-0.25, -0.2) is 0 Å². The summed E-state index contributed by atoms with van der Waals surface area (Å²) >= 11 is 6.07. The molecule has 4 nitrogen and oxygen atoms in total. The van der Waals surface area contributed by atoms with Gasteiger partial charge in [0.2, 0.25) is 0 Å². The Morgan fingerprint density at radius 2 is 1.84 bits per heavy atom. The average molecular weight is 362 g/mol. The van der Waals surface area contributed by atoms with E-state index >= 15 is 0 Å². The second-order valence-corrected chi connectivity index (χ2v) is 6.68. The van der Waals surface area contributed by atoms with Gasteiger partial charge >= 0.3 is 0 Å². The maximum atomic E-state index is 12.3. The van der Waals surface area contributed by atoms with Gasteiger partial charge in [0.15, 0.2) is 6.10 Å². The summed E-state index contributed by atoms with van der Waals surface area (Å²) in [5.41, 5.74) is 3.02. The summed E-state index contributed by atoms with van der Waals surface area (Å²) < 4.78 is 10.9. The van der Waals surface area contributed by atoms with Crippen LogP contribution in [0.25, 0.3) is 0 Å². The molecule has 0 heterocycles. The molecule has 0 aromatic heterocycles. The van der Waals surface area contributed by atoms with Crippen molar-refractivity contribution < 1.29 is 14.3 Å². The molecule has 0 fully saturated rings. The standard InChI is InChI=1S/C20H24ClNO3/c1-12(2)17-8-7-16(10-13(17)3)25-14(4)20(23)22-15-6-9-19(24-5)18(21)11-15/h6-12,14H,1-5H3,(H,22,23). The first kappa shape index (κ1) is 19.1. The van der Waals surface area contributed by atoms with E-state index in [4.69, 9.17) is 21.1 Å². The topological polar surface area (TPSA) is 47.6 Å². The second kappa shape index (κ2) is 8.26. The fraction of sp³-hybridized carbons (Fsp3) is 0.350. The molecule has 1 unspecified atom stereocenters. The van der Waals surface area contributed by atoms with E-state index in [9.17, 15) is 4.79 Å². The third kappa shape index (κ3) is 4.89. The van der Waals surface area contributed by atoms with Crippen molar-refractivity contribution in [3.8, 4) is 11.5 Å². The average Bonchev–Trinajstić information content (AvgIpc) is 2.54. The Balaban J connectivity index is 2.03. The van der Waals surface area contributed by atoms with E-state index < -0.39 is 6.10 Å². The van der Waals surface area contributed by atoms with Crippen LogP contribution in [0.15, 0.2) is 36.4 Å². The van der Waals surface area contributed by atoms with E-state index in [1.807, 2.05) is 25.1 Å². The first-order valence-electron chi connectivity index (χ1n) is 8.23. The molecule has 1 atom stereocenters. The zero-order valence-corrected chi connectivity index (χ0v) is 16.0. The number of benzene rings is 2. The van der Waals surface area contributed by atoms with Gasteiger partial charge in [-0.3, -0.25) is 4.79 Å². The van der Waals surface area contributed by atoms with Crippen molar-refractivity contribution in [1.82, 2.24) is 0 Å². The first-order valence-corrected chi connectivity index (χ1v) is 8.61. The molecule has 2 rings (SSSR count). The lowest BCUT2D eigenvalue weighted by atomic mass is 9.98. The highest BCUT2D eigenvalue weighted by molar-refractivity contribution is 6.32. The van der Waals surface area contributed by atoms with Gasteiger partial charge in [0.05, 0.1) is 12.1 Å². The van der Waals surface area contributed by atoms with E-state index in [2.05, 4.69) is 19.2 Å². The molecule has 1 amide bonds. The van der Waals surface area contributed by atoms with E-state index in [1.54, 1.807) is 32.2 Å². The largest absolute Gasteiger partial charge is 0.495 e. The Bertz CT molecular complexity index is 759. The van der Waals surface area contributed by atoms with Gasteiger partial charge in [0.25, 0.3) is 5.91 Å². The van der Waals surface area contributed by atoms with E-state index in [0.29, 0.717) is 28.1 Å². The van der Waals surface area contributed by atoms with Crippen LogP contribution in [-0.2, 0) is 4.79 Å². The van der Waals surface area contributed by atoms with Gasteiger partial charge in [-0.15, -0.1) is 0 Å². The maximum absolute atomic E-state index is 12.3. The predicted molar refractivity (Wildman–Crippen MR) is 102 cm³/mol. The van der Waals surface area contributed by atoms with Crippen LogP contribution in [0, 0.1) is 6.92 Å². The van der Waals surface area contributed by atoms with E-state index in [1.165, 1.54) is 5.56 Å². The maximum Gasteiger partial charge on any atom is 0.265 e. The lowest BCUT2D eigenvalue weighted by molar-refractivity contribution is -0.122. The van der Waals surface area contributed by atoms with Crippen LogP contribution in [0.5, 0.6) is 11.5 Å². The molecule has 1 N–H and O–H groups in total. The number of carbonyl (C=O) groups is 1. The number of amides is 1. The third-order valence-electron chi connectivity index (χ3n) is 3.96. The molecule has 0 aliphatic heterocycles. The van der Waals surface area contributed by atoms with Gasteiger partial charge in [0, 0.05) is 5.69 Å².